The number of aliphatic carboxylic acids is 1. The number of carboxylic acids is 1. The Morgan fingerprint density at radius 2 is 1.72 bits per heavy atom. The first-order chi connectivity index (χ1) is 16.8. The number of allylic oxidation sites excluding steroid dienone is 1. The van der Waals surface area contributed by atoms with E-state index in [1.54, 1.807) is 0 Å². The lowest BCUT2D eigenvalue weighted by molar-refractivity contribution is -0.143. The molecule has 7 nitrogen and oxygen atoms in total. The second-order valence-corrected chi connectivity index (χ2v) is 8.26. The van der Waals surface area contributed by atoms with Crippen molar-refractivity contribution in [2.24, 2.45) is 4.99 Å². The summed E-state index contributed by atoms with van der Waals surface area (Å²) in [5, 5.41) is 12.2. The van der Waals surface area contributed by atoms with Crippen LogP contribution in [0.1, 0.15) is 28.2 Å². The zero-order chi connectivity index (χ0) is 26.5. The van der Waals surface area contributed by atoms with E-state index in [4.69, 9.17) is 0 Å². The van der Waals surface area contributed by atoms with Gasteiger partial charge in [0.1, 0.15) is 23.8 Å². The molecule has 0 spiro atoms. The number of anilines is 1. The van der Waals surface area contributed by atoms with E-state index in [0.29, 0.717) is 18.5 Å². The summed E-state index contributed by atoms with van der Waals surface area (Å²) in [5.41, 5.74) is -3.05. The van der Waals surface area contributed by atoms with Crippen LogP contribution in [0.5, 0.6) is 0 Å². The van der Waals surface area contributed by atoms with Crippen LogP contribution in [0.25, 0.3) is 0 Å². The van der Waals surface area contributed by atoms with Gasteiger partial charge in [-0.05, 0) is 24.3 Å². The van der Waals surface area contributed by atoms with Gasteiger partial charge in [-0.15, -0.1) is 0 Å². The molecule has 0 aliphatic carbocycles. The van der Waals surface area contributed by atoms with Crippen LogP contribution in [0.15, 0.2) is 53.3 Å². The van der Waals surface area contributed by atoms with Crippen LogP contribution in [0, 0.1) is 0 Å². The number of Topliss-reactive ketones (excluding diaryl/α,β-unsaturated/α-hetero) is 1. The molecule has 2 heterocycles. The van der Waals surface area contributed by atoms with Gasteiger partial charge in [-0.1, -0.05) is 6.07 Å². The summed E-state index contributed by atoms with van der Waals surface area (Å²) in [5.74, 6) is -3.16. The van der Waals surface area contributed by atoms with Gasteiger partial charge in [0.2, 0.25) is 6.41 Å². The van der Waals surface area contributed by atoms with Crippen LogP contribution >= 0.6 is 0 Å². The summed E-state index contributed by atoms with van der Waals surface area (Å²) in [7, 11) is 0. The van der Waals surface area contributed by atoms with Crippen LogP contribution in [-0.2, 0) is 33.3 Å². The van der Waals surface area contributed by atoms with Gasteiger partial charge in [0.25, 0.3) is 0 Å². The predicted molar refractivity (Wildman–Crippen MR) is 115 cm³/mol. The standard InChI is InChI=1S/C23H15F6N3O4/c24-22(25,26)13-4-12(5-14(6-13)23(27,28)29)9-32(10-19(35)36)16-3-1-2-15(31-11-33)20(16)21-17(32)7-30-8-18(21)34/h1-8,11,21H,9-10H2,(H-,31,33,35,36)/p+1. The van der Waals surface area contributed by atoms with Crippen LogP contribution < -0.4 is 9.80 Å². The molecule has 0 fully saturated rings. The molecule has 36 heavy (non-hydrogen) atoms. The third-order valence-electron chi connectivity index (χ3n) is 6.04. The molecular weight excluding hydrogens is 496 g/mol. The number of hydrogen-bond donors (Lipinski definition) is 2. The number of rotatable bonds is 6. The van der Waals surface area contributed by atoms with Crippen LogP contribution in [0.2, 0.25) is 0 Å². The van der Waals surface area contributed by atoms with E-state index in [1.165, 1.54) is 24.4 Å². The maximum absolute atomic E-state index is 13.5. The molecule has 0 saturated heterocycles. The number of benzene rings is 2. The lowest BCUT2D eigenvalue weighted by atomic mass is 9.92. The lowest BCUT2D eigenvalue weighted by Gasteiger charge is -2.35. The van der Waals surface area contributed by atoms with Gasteiger partial charge in [-0.3, -0.25) is 14.6 Å². The Labute approximate surface area is 198 Å². The summed E-state index contributed by atoms with van der Waals surface area (Å²) in [4.78, 5) is 39.8. The number of nitrogens with zero attached hydrogens (tertiary/aromatic N) is 2. The van der Waals surface area contributed by atoms with Gasteiger partial charge in [0.05, 0.1) is 34.8 Å². The van der Waals surface area contributed by atoms with Crippen molar-refractivity contribution in [2.75, 3.05) is 11.9 Å². The predicted octanol–water partition coefficient (Wildman–Crippen LogP) is 4.48. The first kappa shape index (κ1) is 25.1. The Morgan fingerprint density at radius 1 is 1.08 bits per heavy atom. The second kappa shape index (κ2) is 8.59. The molecule has 2 atom stereocenters. The number of carbonyl (C=O) groups is 3. The molecule has 0 saturated carbocycles. The van der Waals surface area contributed by atoms with E-state index in [2.05, 4.69) is 10.3 Å². The Morgan fingerprint density at radius 3 is 2.28 bits per heavy atom. The average molecular weight is 512 g/mol. The molecule has 1 amide bonds. The zero-order valence-electron chi connectivity index (χ0n) is 18.0. The van der Waals surface area contributed by atoms with E-state index in [0.717, 1.165) is 6.21 Å². The first-order valence-corrected chi connectivity index (χ1v) is 10.3. The smallest absolute Gasteiger partial charge is 0.416 e. The third kappa shape index (κ3) is 4.26. The molecule has 4 rings (SSSR count). The van der Waals surface area contributed by atoms with Crippen molar-refractivity contribution in [2.45, 2.75) is 24.8 Å². The number of nitrogens with one attached hydrogen (secondary N) is 1. The summed E-state index contributed by atoms with van der Waals surface area (Å²) in [6.45, 7) is -1.48. The highest BCUT2D eigenvalue weighted by Gasteiger charge is 2.55. The number of aliphatic imine (C=N–C) groups is 1. The van der Waals surface area contributed by atoms with Gasteiger partial charge in [0.15, 0.2) is 12.3 Å². The van der Waals surface area contributed by atoms with Gasteiger partial charge < -0.3 is 10.4 Å². The summed E-state index contributed by atoms with van der Waals surface area (Å²) >= 11 is 0. The van der Waals surface area contributed by atoms with Crippen LogP contribution in [-0.4, -0.2) is 36.0 Å². The van der Waals surface area contributed by atoms with E-state index < -0.39 is 64.3 Å². The fourth-order valence-electron chi connectivity index (χ4n) is 4.75. The number of amides is 1. The Bertz CT molecular complexity index is 1300. The Balaban J connectivity index is 2.00. The van der Waals surface area contributed by atoms with Crippen LogP contribution in [0.4, 0.5) is 37.7 Å². The first-order valence-electron chi connectivity index (χ1n) is 10.3. The van der Waals surface area contributed by atoms with E-state index in [1.807, 2.05) is 0 Å². The topological polar surface area (TPSA) is 95.8 Å². The molecule has 2 aromatic rings. The number of alkyl halides is 6. The number of hydrogen-bond acceptors (Lipinski definition) is 4. The number of halogens is 6. The zero-order valence-corrected chi connectivity index (χ0v) is 18.0. The minimum Gasteiger partial charge on any atom is -0.477 e. The highest BCUT2D eigenvalue weighted by Crippen LogP contribution is 2.54. The molecule has 188 valence electrons. The maximum atomic E-state index is 13.5. The van der Waals surface area contributed by atoms with Crippen molar-refractivity contribution in [3.63, 3.8) is 0 Å². The Hall–Kier alpha value is -4.00. The monoisotopic (exact) mass is 512 g/mol. The van der Waals surface area contributed by atoms with E-state index >= 15 is 0 Å². The summed E-state index contributed by atoms with van der Waals surface area (Å²) in [6, 6.07) is 5.30. The number of ketones is 1. The van der Waals surface area contributed by atoms with Crippen molar-refractivity contribution in [3.8, 4) is 0 Å². The van der Waals surface area contributed by atoms with Crippen molar-refractivity contribution in [1.82, 2.24) is 4.48 Å². The molecule has 2 aliphatic rings. The number of quaternary nitrogens is 1. The van der Waals surface area contributed by atoms with Crippen molar-refractivity contribution >= 4 is 35.8 Å². The Kier molecular flexibility index (Phi) is 5.99. The fourth-order valence-corrected chi connectivity index (χ4v) is 4.75. The van der Waals surface area contributed by atoms with E-state index in [9.17, 15) is 45.8 Å². The maximum Gasteiger partial charge on any atom is 0.416 e. The molecule has 0 radical (unpaired) electrons. The molecule has 2 unspecified atom stereocenters. The quantitative estimate of drug-likeness (QED) is 0.339. The number of carboxylic acid groups (broad SMARTS) is 1. The minimum absolute atomic E-state index is 0.0223. The number of fused-ring (bicyclic) bond motifs is 3. The minimum atomic E-state index is -5.11. The molecule has 2 aliphatic heterocycles. The molecule has 2 N–H and O–H groups in total. The third-order valence-corrected chi connectivity index (χ3v) is 6.04. The van der Waals surface area contributed by atoms with Gasteiger partial charge in [0, 0.05) is 11.6 Å². The highest BCUT2D eigenvalue weighted by atomic mass is 19.4. The molecular formula is C23H16F6N3O4+. The average Bonchev–Trinajstić information content (AvgIpc) is 3.04. The van der Waals surface area contributed by atoms with Crippen molar-refractivity contribution in [3.05, 3.63) is 70.5 Å². The lowest BCUT2D eigenvalue weighted by Crippen LogP contribution is -2.50. The van der Waals surface area contributed by atoms with Gasteiger partial charge in [-0.2, -0.15) is 26.3 Å². The largest absolute Gasteiger partial charge is 0.477 e. The normalized spacial score (nSPS) is 21.0. The SMILES string of the molecule is O=CNc1cccc2c1C1C(=O)C=NC=C1[N+]2(CC(=O)O)Cc1cc(C(F)(F)F)cc(C(F)(F)F)c1. The van der Waals surface area contributed by atoms with Crippen molar-refractivity contribution in [1.29, 1.82) is 0 Å². The van der Waals surface area contributed by atoms with E-state index in [-0.39, 0.29) is 28.7 Å². The second-order valence-electron chi connectivity index (χ2n) is 8.26. The molecule has 0 aromatic heterocycles. The molecule has 2 aromatic carbocycles. The number of carbonyl (C=O) groups excluding carboxylic acids is 2. The highest BCUT2D eigenvalue weighted by molar-refractivity contribution is 6.32. The van der Waals surface area contributed by atoms with Crippen molar-refractivity contribution < 1.29 is 45.8 Å². The van der Waals surface area contributed by atoms with Gasteiger partial charge in [-0.25, -0.2) is 9.28 Å². The summed E-state index contributed by atoms with van der Waals surface area (Å²) in [6.07, 6.45) is -7.73. The van der Waals surface area contributed by atoms with Gasteiger partial charge >= 0.3 is 18.3 Å². The molecule has 13 heteroatoms. The fraction of sp³-hybridized carbons (Fsp3) is 0.217. The summed E-state index contributed by atoms with van der Waals surface area (Å²) < 4.78 is 80.0. The molecule has 0 bridgehead atoms. The van der Waals surface area contributed by atoms with Crippen LogP contribution in [0.3, 0.4) is 0 Å².